The average Bonchev–Trinajstić information content (AvgIpc) is 3.15. The first kappa shape index (κ1) is 26.9. The zero-order chi connectivity index (χ0) is 27.6. The summed E-state index contributed by atoms with van der Waals surface area (Å²) in [5.74, 6) is -0.936. The van der Waals surface area contributed by atoms with Gasteiger partial charge in [-0.3, -0.25) is 4.79 Å². The van der Waals surface area contributed by atoms with Gasteiger partial charge in [-0.05, 0) is 56.7 Å². The van der Waals surface area contributed by atoms with E-state index >= 15 is 0 Å². The summed E-state index contributed by atoms with van der Waals surface area (Å²) in [6.07, 6.45) is -4.57. The van der Waals surface area contributed by atoms with Gasteiger partial charge in [0.1, 0.15) is 10.6 Å². The number of ether oxygens (including phenoxy) is 2. The fraction of sp³-hybridized carbons (Fsp3) is 0.222. The highest BCUT2D eigenvalue weighted by Crippen LogP contribution is 2.35. The Hall–Kier alpha value is -4.12. The lowest BCUT2D eigenvalue weighted by molar-refractivity contribution is -0.137. The minimum absolute atomic E-state index is 0.0540. The molecule has 0 unspecified atom stereocenters. The smallest absolute Gasteiger partial charge is 0.416 e. The van der Waals surface area contributed by atoms with Crippen molar-refractivity contribution >= 4 is 44.9 Å². The number of esters is 1. The van der Waals surface area contributed by atoms with Gasteiger partial charge < -0.3 is 19.2 Å². The molecule has 0 fully saturated rings. The Labute approximate surface area is 219 Å². The van der Waals surface area contributed by atoms with Crippen LogP contribution >= 0.6 is 11.3 Å². The summed E-state index contributed by atoms with van der Waals surface area (Å²) in [6.45, 7) is 5.43. The van der Waals surface area contributed by atoms with E-state index in [1.807, 2.05) is 6.92 Å². The van der Waals surface area contributed by atoms with Crippen LogP contribution in [0.15, 0.2) is 57.9 Å². The van der Waals surface area contributed by atoms with Crippen LogP contribution in [0.5, 0.6) is 5.75 Å². The number of fused-ring (bicyclic) bond motifs is 1. The first-order valence-corrected chi connectivity index (χ1v) is 12.3. The zero-order valence-electron chi connectivity index (χ0n) is 20.9. The number of anilines is 1. The minimum atomic E-state index is -4.57. The molecule has 0 saturated carbocycles. The maximum Gasteiger partial charge on any atom is 0.416 e. The second kappa shape index (κ2) is 10.7. The first-order chi connectivity index (χ1) is 18.0. The number of methoxy groups -OCH3 is 1. The number of benzene rings is 2. The van der Waals surface area contributed by atoms with Crippen molar-refractivity contribution in [3.05, 3.63) is 81.2 Å². The number of rotatable bonds is 6. The van der Waals surface area contributed by atoms with E-state index < -0.39 is 23.6 Å². The van der Waals surface area contributed by atoms with Crippen molar-refractivity contribution < 1.29 is 36.7 Å². The molecular weight excluding hydrogens is 521 g/mol. The van der Waals surface area contributed by atoms with Gasteiger partial charge in [0.2, 0.25) is 5.55 Å². The number of thiophene rings is 1. The molecule has 198 valence electrons. The SMILES string of the molecule is CCOC(=O)c1c(/N=c2\oc3c(OC)cccc3cc2C(=O)Nc2cccc(C(F)(F)F)c2)sc(C)c1C. The van der Waals surface area contributed by atoms with Crippen molar-refractivity contribution in [2.24, 2.45) is 4.99 Å². The molecule has 11 heteroatoms. The molecule has 1 N–H and O–H groups in total. The van der Waals surface area contributed by atoms with Crippen molar-refractivity contribution in [2.75, 3.05) is 19.0 Å². The molecule has 0 bridgehead atoms. The number of alkyl halides is 3. The maximum atomic E-state index is 13.3. The number of hydrogen-bond donors (Lipinski definition) is 1. The van der Waals surface area contributed by atoms with Gasteiger partial charge >= 0.3 is 12.1 Å². The summed E-state index contributed by atoms with van der Waals surface area (Å²) < 4.78 is 56.1. The Kier molecular flexibility index (Phi) is 7.58. The molecule has 0 aliphatic rings. The Balaban J connectivity index is 1.91. The van der Waals surface area contributed by atoms with Gasteiger partial charge in [-0.2, -0.15) is 13.2 Å². The third-order valence-electron chi connectivity index (χ3n) is 5.70. The molecule has 4 rings (SSSR count). The summed E-state index contributed by atoms with van der Waals surface area (Å²) in [7, 11) is 1.46. The normalized spacial score (nSPS) is 12.0. The van der Waals surface area contributed by atoms with Crippen LogP contribution in [0.25, 0.3) is 11.0 Å². The molecule has 2 aromatic heterocycles. The van der Waals surface area contributed by atoms with Crippen molar-refractivity contribution in [1.82, 2.24) is 0 Å². The lowest BCUT2D eigenvalue weighted by Gasteiger charge is -2.11. The summed E-state index contributed by atoms with van der Waals surface area (Å²) in [6, 6.07) is 10.8. The van der Waals surface area contributed by atoms with E-state index in [0.29, 0.717) is 22.3 Å². The Morgan fingerprint density at radius 2 is 1.84 bits per heavy atom. The predicted octanol–water partition coefficient (Wildman–Crippen LogP) is 6.80. The minimum Gasteiger partial charge on any atom is -0.493 e. The van der Waals surface area contributed by atoms with Crippen LogP contribution in [-0.4, -0.2) is 25.6 Å². The summed E-state index contributed by atoms with van der Waals surface area (Å²) >= 11 is 1.22. The van der Waals surface area contributed by atoms with Crippen molar-refractivity contribution in [3.63, 3.8) is 0 Å². The maximum absolute atomic E-state index is 13.3. The highest BCUT2D eigenvalue weighted by molar-refractivity contribution is 7.16. The number of aryl methyl sites for hydroxylation is 1. The lowest BCUT2D eigenvalue weighted by Crippen LogP contribution is -2.22. The summed E-state index contributed by atoms with van der Waals surface area (Å²) in [4.78, 5) is 31.4. The molecule has 38 heavy (non-hydrogen) atoms. The highest BCUT2D eigenvalue weighted by atomic mass is 32.1. The van der Waals surface area contributed by atoms with Crippen LogP contribution in [0.4, 0.5) is 23.9 Å². The standard InChI is InChI=1S/C27H23F3N2O5S/c1-5-36-26(34)21-14(2)15(3)38-25(21)32-24-19(12-16-8-6-11-20(35-4)22(16)37-24)23(33)31-18-10-7-9-17(13-18)27(28,29)30/h6-13H,5H2,1-4H3,(H,31,33)/b32-24-. The monoisotopic (exact) mass is 544 g/mol. The van der Waals surface area contributed by atoms with Gasteiger partial charge in [0.25, 0.3) is 5.91 Å². The second-order valence-electron chi connectivity index (χ2n) is 8.17. The highest BCUT2D eigenvalue weighted by Gasteiger charge is 2.30. The van der Waals surface area contributed by atoms with Crippen LogP contribution in [0, 0.1) is 13.8 Å². The van der Waals surface area contributed by atoms with E-state index in [0.717, 1.165) is 17.0 Å². The third-order valence-corrected chi connectivity index (χ3v) is 6.80. The predicted molar refractivity (Wildman–Crippen MR) is 137 cm³/mol. The van der Waals surface area contributed by atoms with E-state index in [9.17, 15) is 22.8 Å². The molecule has 1 amide bonds. The van der Waals surface area contributed by atoms with E-state index in [1.165, 1.54) is 36.6 Å². The number of halogens is 3. The van der Waals surface area contributed by atoms with Crippen molar-refractivity contribution in [2.45, 2.75) is 26.9 Å². The lowest BCUT2D eigenvalue weighted by atomic mass is 10.1. The van der Waals surface area contributed by atoms with Gasteiger partial charge in [0.15, 0.2) is 11.3 Å². The number of para-hydroxylation sites is 1. The Morgan fingerprint density at radius 1 is 1.11 bits per heavy atom. The Morgan fingerprint density at radius 3 is 2.53 bits per heavy atom. The van der Waals surface area contributed by atoms with Crippen molar-refractivity contribution in [1.29, 1.82) is 0 Å². The molecule has 2 heterocycles. The fourth-order valence-corrected chi connectivity index (χ4v) is 4.74. The number of carbonyl (C=O) groups is 2. The molecule has 0 spiro atoms. The molecule has 0 aliphatic heterocycles. The molecule has 0 aliphatic carbocycles. The van der Waals surface area contributed by atoms with Crippen LogP contribution in [0.3, 0.4) is 0 Å². The number of amides is 1. The third kappa shape index (κ3) is 5.42. The topological polar surface area (TPSA) is 90.1 Å². The van der Waals surface area contributed by atoms with Crippen LogP contribution < -0.4 is 15.6 Å². The van der Waals surface area contributed by atoms with Crippen LogP contribution in [0.1, 0.15) is 43.6 Å². The Bertz CT molecular complexity index is 1600. The largest absolute Gasteiger partial charge is 0.493 e. The van der Waals surface area contributed by atoms with Crippen LogP contribution in [0.2, 0.25) is 0 Å². The number of carbonyl (C=O) groups excluding carboxylic acids is 2. The van der Waals surface area contributed by atoms with Crippen molar-refractivity contribution in [3.8, 4) is 5.75 Å². The van der Waals surface area contributed by atoms with Gasteiger partial charge in [0.05, 0.1) is 24.8 Å². The van der Waals surface area contributed by atoms with Gasteiger partial charge in [0, 0.05) is 16.0 Å². The molecular formula is C27H23F3N2O5S. The number of nitrogens with zero attached hydrogens (tertiary/aromatic N) is 1. The molecule has 4 aromatic rings. The molecule has 0 radical (unpaired) electrons. The molecule has 0 saturated heterocycles. The quantitative estimate of drug-likeness (QED) is 0.270. The molecule has 7 nitrogen and oxygen atoms in total. The van der Waals surface area contributed by atoms with E-state index in [4.69, 9.17) is 13.9 Å². The summed E-state index contributed by atoms with van der Waals surface area (Å²) in [5.41, 5.74) is 0.0507. The van der Waals surface area contributed by atoms with Crippen LogP contribution in [-0.2, 0) is 10.9 Å². The van der Waals surface area contributed by atoms with Gasteiger partial charge in [-0.15, -0.1) is 11.3 Å². The molecule has 0 atom stereocenters. The van der Waals surface area contributed by atoms with E-state index in [1.54, 1.807) is 32.0 Å². The first-order valence-electron chi connectivity index (χ1n) is 11.4. The average molecular weight is 545 g/mol. The number of nitrogens with one attached hydrogen (secondary N) is 1. The van der Waals surface area contributed by atoms with E-state index in [-0.39, 0.29) is 34.0 Å². The molecule has 2 aromatic carbocycles. The fourth-order valence-electron chi connectivity index (χ4n) is 3.73. The van der Waals surface area contributed by atoms with Gasteiger partial charge in [-0.1, -0.05) is 18.2 Å². The van der Waals surface area contributed by atoms with Gasteiger partial charge in [-0.25, -0.2) is 9.79 Å². The second-order valence-corrected chi connectivity index (χ2v) is 9.38. The summed E-state index contributed by atoms with van der Waals surface area (Å²) in [5, 5.41) is 3.26. The number of hydrogen-bond acceptors (Lipinski definition) is 7. The zero-order valence-corrected chi connectivity index (χ0v) is 21.7. The van der Waals surface area contributed by atoms with E-state index in [2.05, 4.69) is 10.3 Å².